The molecule has 5 N–H and O–H groups in total. The van der Waals surface area contributed by atoms with Crippen LogP contribution in [0.1, 0.15) is 19.4 Å². The number of hydrogen-bond acceptors (Lipinski definition) is 7. The lowest BCUT2D eigenvalue weighted by molar-refractivity contribution is 0.0337. The summed E-state index contributed by atoms with van der Waals surface area (Å²) < 4.78 is 16.5. The predicted octanol–water partition coefficient (Wildman–Crippen LogP) is 3.23. The minimum absolute atomic E-state index is 0.154. The molecular formula is C21H28N4O5S. The van der Waals surface area contributed by atoms with Crippen LogP contribution >= 0.6 is 11.3 Å². The van der Waals surface area contributed by atoms with Crippen molar-refractivity contribution in [3.8, 4) is 21.9 Å². The number of urea groups is 1. The van der Waals surface area contributed by atoms with Gasteiger partial charge in [-0.25, -0.2) is 9.59 Å². The monoisotopic (exact) mass is 448 g/mol. The Bertz CT molecular complexity index is 891. The number of benzene rings is 1. The molecule has 10 heteroatoms. The average Bonchev–Trinajstić information content (AvgIpc) is 3.08. The predicted molar refractivity (Wildman–Crippen MR) is 120 cm³/mol. The third kappa shape index (κ3) is 6.58. The molecule has 1 saturated heterocycles. The molecular weight excluding hydrogens is 420 g/mol. The van der Waals surface area contributed by atoms with Gasteiger partial charge in [0.05, 0.1) is 19.8 Å². The number of rotatable bonds is 8. The number of amides is 3. The third-order valence-electron chi connectivity index (χ3n) is 4.56. The Morgan fingerprint density at radius 1 is 1.19 bits per heavy atom. The van der Waals surface area contributed by atoms with E-state index in [1.165, 1.54) is 11.3 Å². The average molecular weight is 449 g/mol. The molecule has 168 valence electrons. The van der Waals surface area contributed by atoms with E-state index in [1.54, 1.807) is 6.07 Å². The van der Waals surface area contributed by atoms with E-state index < -0.39 is 12.1 Å². The summed E-state index contributed by atoms with van der Waals surface area (Å²) in [6.07, 6.45) is -0.970. The van der Waals surface area contributed by atoms with Crippen LogP contribution in [0.5, 0.6) is 11.5 Å². The van der Waals surface area contributed by atoms with E-state index in [-0.39, 0.29) is 5.75 Å². The van der Waals surface area contributed by atoms with Crippen molar-refractivity contribution in [2.45, 2.75) is 20.4 Å². The number of nitrogens with two attached hydrogens (primary N) is 2. The lowest BCUT2D eigenvalue weighted by Crippen LogP contribution is -2.35. The van der Waals surface area contributed by atoms with E-state index in [2.05, 4.69) is 30.1 Å². The summed E-state index contributed by atoms with van der Waals surface area (Å²) in [5.74, 6) is 1.40. The van der Waals surface area contributed by atoms with Crippen molar-refractivity contribution in [2.24, 2.45) is 17.4 Å². The second-order valence-electron chi connectivity index (χ2n) is 7.63. The van der Waals surface area contributed by atoms with Crippen LogP contribution < -0.4 is 26.3 Å². The van der Waals surface area contributed by atoms with Crippen LogP contribution in [0.2, 0.25) is 0 Å². The molecule has 0 aliphatic carbocycles. The molecule has 0 atom stereocenters. The van der Waals surface area contributed by atoms with Gasteiger partial charge < -0.3 is 25.7 Å². The summed E-state index contributed by atoms with van der Waals surface area (Å²) >= 11 is 1.24. The summed E-state index contributed by atoms with van der Waals surface area (Å²) in [5, 5.41) is 2.79. The second-order valence-corrected chi connectivity index (χ2v) is 8.68. The number of carbonyl (C=O) groups excluding carboxylic acids is 2. The van der Waals surface area contributed by atoms with Gasteiger partial charge in [-0.05, 0) is 29.7 Å². The smallest absolute Gasteiger partial charge is 0.410 e. The van der Waals surface area contributed by atoms with Crippen LogP contribution in [0.15, 0.2) is 24.3 Å². The van der Waals surface area contributed by atoms with Gasteiger partial charge in [0.1, 0.15) is 10.8 Å². The normalized spacial score (nSPS) is 14.4. The first-order chi connectivity index (χ1) is 14.8. The molecule has 1 aromatic heterocycles. The molecule has 1 aliphatic rings. The van der Waals surface area contributed by atoms with Crippen LogP contribution in [0, 0.1) is 5.92 Å². The van der Waals surface area contributed by atoms with E-state index in [0.29, 0.717) is 30.7 Å². The van der Waals surface area contributed by atoms with Crippen LogP contribution in [0.4, 0.5) is 14.6 Å². The second kappa shape index (κ2) is 10.5. The lowest BCUT2D eigenvalue weighted by Gasteiger charge is -2.27. The maximum atomic E-state index is 11.3. The molecule has 2 aromatic rings. The van der Waals surface area contributed by atoms with Gasteiger partial charge >= 0.3 is 12.1 Å². The Hall–Kier alpha value is -2.82. The quantitative estimate of drug-likeness (QED) is 0.569. The number of nitrogens with one attached hydrogen (secondary N) is 1. The SMILES string of the molecule is CC(C)COc1ccc(-c2cc(OC(N)=O)c(NC(N)=O)s2)cc1CN1CCOCC1. The van der Waals surface area contributed by atoms with Crippen molar-refractivity contribution in [1.29, 1.82) is 0 Å². The van der Waals surface area contributed by atoms with Gasteiger partial charge in [-0.2, -0.15) is 0 Å². The van der Waals surface area contributed by atoms with Crippen molar-refractivity contribution in [3.05, 3.63) is 29.8 Å². The number of ether oxygens (including phenoxy) is 3. The van der Waals surface area contributed by atoms with Gasteiger partial charge in [-0.15, -0.1) is 11.3 Å². The summed E-state index contributed by atoms with van der Waals surface area (Å²) in [6.45, 7) is 8.70. The van der Waals surface area contributed by atoms with Crippen molar-refractivity contribution in [1.82, 2.24) is 4.90 Å². The molecule has 0 spiro atoms. The Kier molecular flexibility index (Phi) is 7.72. The van der Waals surface area contributed by atoms with Crippen LogP contribution in [0.3, 0.4) is 0 Å². The molecule has 9 nitrogen and oxygen atoms in total. The molecule has 2 heterocycles. The van der Waals surface area contributed by atoms with Crippen molar-refractivity contribution >= 4 is 28.5 Å². The highest BCUT2D eigenvalue weighted by molar-refractivity contribution is 7.20. The summed E-state index contributed by atoms with van der Waals surface area (Å²) in [7, 11) is 0. The molecule has 0 radical (unpaired) electrons. The van der Waals surface area contributed by atoms with Crippen molar-refractivity contribution < 1.29 is 23.8 Å². The summed E-state index contributed by atoms with van der Waals surface area (Å²) in [5.41, 5.74) is 12.3. The zero-order valence-corrected chi connectivity index (χ0v) is 18.5. The van der Waals surface area contributed by atoms with Crippen LogP contribution in [-0.4, -0.2) is 49.9 Å². The van der Waals surface area contributed by atoms with Gasteiger partial charge in [0.2, 0.25) is 0 Å². The van der Waals surface area contributed by atoms with Gasteiger partial charge in [0.15, 0.2) is 5.75 Å². The number of morpholine rings is 1. The fourth-order valence-corrected chi connectivity index (χ4v) is 4.14. The molecule has 0 bridgehead atoms. The lowest BCUT2D eigenvalue weighted by atomic mass is 10.1. The highest BCUT2D eigenvalue weighted by Gasteiger charge is 2.18. The first-order valence-corrected chi connectivity index (χ1v) is 10.9. The Morgan fingerprint density at radius 3 is 2.58 bits per heavy atom. The number of carbonyl (C=O) groups is 2. The first-order valence-electron chi connectivity index (χ1n) is 10.1. The van der Waals surface area contributed by atoms with E-state index >= 15 is 0 Å². The number of thiophene rings is 1. The molecule has 1 aliphatic heterocycles. The van der Waals surface area contributed by atoms with E-state index in [4.69, 9.17) is 25.7 Å². The number of anilines is 1. The highest BCUT2D eigenvalue weighted by atomic mass is 32.1. The van der Waals surface area contributed by atoms with Gasteiger partial charge in [-0.3, -0.25) is 10.2 Å². The van der Waals surface area contributed by atoms with Crippen LogP contribution in [0.25, 0.3) is 10.4 Å². The minimum atomic E-state index is -0.970. The topological polar surface area (TPSA) is 129 Å². The fraction of sp³-hybridized carbons (Fsp3) is 0.429. The van der Waals surface area contributed by atoms with E-state index in [1.807, 2.05) is 12.1 Å². The summed E-state index contributed by atoms with van der Waals surface area (Å²) in [6, 6.07) is 6.84. The molecule has 31 heavy (non-hydrogen) atoms. The largest absolute Gasteiger partial charge is 0.493 e. The zero-order chi connectivity index (χ0) is 22.4. The first kappa shape index (κ1) is 22.9. The Morgan fingerprint density at radius 2 is 1.94 bits per heavy atom. The fourth-order valence-electron chi connectivity index (χ4n) is 3.15. The molecule has 0 unspecified atom stereocenters. The van der Waals surface area contributed by atoms with Gasteiger partial charge in [0.25, 0.3) is 0 Å². The maximum Gasteiger partial charge on any atom is 0.410 e. The minimum Gasteiger partial charge on any atom is -0.493 e. The molecule has 0 saturated carbocycles. The Labute approximate surface area is 185 Å². The van der Waals surface area contributed by atoms with Gasteiger partial charge in [0, 0.05) is 36.1 Å². The molecule has 3 rings (SSSR count). The zero-order valence-electron chi connectivity index (χ0n) is 17.7. The number of hydrogen-bond donors (Lipinski definition) is 3. The number of primary amides is 2. The van der Waals surface area contributed by atoms with E-state index in [9.17, 15) is 9.59 Å². The maximum absolute atomic E-state index is 11.3. The molecule has 1 aromatic carbocycles. The molecule has 1 fully saturated rings. The third-order valence-corrected chi connectivity index (χ3v) is 5.64. The Balaban J connectivity index is 1.92. The van der Waals surface area contributed by atoms with Crippen molar-refractivity contribution in [3.63, 3.8) is 0 Å². The standard InChI is InChI=1S/C21H28N4O5S/c1-13(2)12-29-16-4-3-14(9-15(16)11-25-5-7-28-8-6-25)18-10-17(30-21(23)27)19(31-18)24-20(22)26/h3-4,9-10,13H,5-8,11-12H2,1-2H3,(H2,23,27)(H3,22,24,26). The highest BCUT2D eigenvalue weighted by Crippen LogP contribution is 2.41. The van der Waals surface area contributed by atoms with Crippen LogP contribution in [-0.2, 0) is 11.3 Å². The van der Waals surface area contributed by atoms with Gasteiger partial charge in [-0.1, -0.05) is 13.8 Å². The van der Waals surface area contributed by atoms with E-state index in [0.717, 1.165) is 41.4 Å². The number of nitrogens with zero attached hydrogens (tertiary/aromatic N) is 1. The molecule has 3 amide bonds. The van der Waals surface area contributed by atoms with Crippen molar-refractivity contribution in [2.75, 3.05) is 38.2 Å². The summed E-state index contributed by atoms with van der Waals surface area (Å²) in [4.78, 5) is 25.7.